The van der Waals surface area contributed by atoms with Crippen LogP contribution in [0.2, 0.25) is 0 Å². The molecule has 88 valence electrons. The Morgan fingerprint density at radius 1 is 1.59 bits per heavy atom. The van der Waals surface area contributed by atoms with Gasteiger partial charge in [-0.2, -0.15) is 5.26 Å². The molecule has 3 unspecified atom stereocenters. The first-order valence-electron chi connectivity index (χ1n) is 5.88. The third kappa shape index (κ3) is 1.81. The molecule has 2 bridgehead atoms. The molecule has 5 nitrogen and oxygen atoms in total. The third-order valence-corrected chi connectivity index (χ3v) is 3.73. The van der Waals surface area contributed by atoms with Crippen LogP contribution in [0.25, 0.3) is 0 Å². The minimum atomic E-state index is -0.135. The van der Waals surface area contributed by atoms with Gasteiger partial charge in [-0.3, -0.25) is 4.57 Å². The number of nitriles is 1. The first-order chi connectivity index (χ1) is 8.26. The molecule has 2 aliphatic rings. The molecule has 0 spiro atoms. The smallest absolute Gasteiger partial charge is 0.325 e. The normalized spacial score (nSPS) is 30.2. The summed E-state index contributed by atoms with van der Waals surface area (Å²) < 4.78 is 1.44. The Morgan fingerprint density at radius 3 is 3.06 bits per heavy atom. The molecule has 1 aliphatic carbocycles. The number of aromatic nitrogens is 1. The van der Waals surface area contributed by atoms with Crippen molar-refractivity contribution in [1.29, 1.82) is 5.26 Å². The fourth-order valence-corrected chi connectivity index (χ4v) is 2.83. The van der Waals surface area contributed by atoms with Crippen molar-refractivity contribution in [3.8, 4) is 6.07 Å². The molecule has 1 saturated heterocycles. The Labute approximate surface area is 99.4 Å². The fraction of sp³-hybridized carbons (Fsp3) is 0.500. The Bertz CT molecular complexity index is 487. The van der Waals surface area contributed by atoms with E-state index in [9.17, 15) is 4.79 Å². The maximum Gasteiger partial charge on any atom is 0.325 e. The molecular formula is C12H14N4O. The van der Waals surface area contributed by atoms with Crippen LogP contribution in [-0.2, 0) is 0 Å². The maximum absolute atomic E-state index is 11.9. The van der Waals surface area contributed by atoms with E-state index in [1.165, 1.54) is 11.0 Å². The average Bonchev–Trinajstić information content (AvgIpc) is 3.04. The van der Waals surface area contributed by atoms with Gasteiger partial charge in [0.1, 0.15) is 6.07 Å². The van der Waals surface area contributed by atoms with Crippen molar-refractivity contribution in [2.45, 2.75) is 24.9 Å². The van der Waals surface area contributed by atoms with E-state index in [1.54, 1.807) is 18.5 Å². The number of amides is 1. The average molecular weight is 230 g/mol. The zero-order valence-corrected chi connectivity index (χ0v) is 9.39. The van der Waals surface area contributed by atoms with Gasteiger partial charge < -0.3 is 10.6 Å². The van der Waals surface area contributed by atoms with Gasteiger partial charge in [-0.15, -0.1) is 0 Å². The minimum Gasteiger partial charge on any atom is -0.334 e. The van der Waals surface area contributed by atoms with E-state index in [-0.39, 0.29) is 12.1 Å². The van der Waals surface area contributed by atoms with Crippen LogP contribution >= 0.6 is 0 Å². The third-order valence-electron chi connectivity index (χ3n) is 3.73. The second-order valence-electron chi connectivity index (χ2n) is 4.81. The SMILES string of the molecule is N#Cc1ccn(C(=O)NC2CC3CC2CN3)c1. The highest BCUT2D eigenvalue weighted by Crippen LogP contribution is 2.31. The number of hydrogen-bond acceptors (Lipinski definition) is 3. The molecule has 3 rings (SSSR count). The Hall–Kier alpha value is -1.80. The lowest BCUT2D eigenvalue weighted by Crippen LogP contribution is -2.45. The Kier molecular flexibility index (Phi) is 2.37. The minimum absolute atomic E-state index is 0.135. The van der Waals surface area contributed by atoms with Crippen LogP contribution in [0, 0.1) is 17.2 Å². The van der Waals surface area contributed by atoms with E-state index in [0.717, 1.165) is 13.0 Å². The van der Waals surface area contributed by atoms with E-state index in [2.05, 4.69) is 10.6 Å². The maximum atomic E-state index is 11.9. The second kappa shape index (κ2) is 3.90. The Balaban J connectivity index is 1.66. The summed E-state index contributed by atoms with van der Waals surface area (Å²) in [7, 11) is 0. The molecule has 2 fully saturated rings. The van der Waals surface area contributed by atoms with Gasteiger partial charge in [0.25, 0.3) is 0 Å². The van der Waals surface area contributed by atoms with Crippen LogP contribution in [0.5, 0.6) is 0 Å². The molecule has 5 heteroatoms. The lowest BCUT2D eigenvalue weighted by molar-refractivity contribution is 0.233. The van der Waals surface area contributed by atoms with Crippen molar-refractivity contribution in [2.24, 2.45) is 5.92 Å². The van der Waals surface area contributed by atoms with Crippen molar-refractivity contribution in [1.82, 2.24) is 15.2 Å². The topological polar surface area (TPSA) is 69.8 Å². The predicted octanol–water partition coefficient (Wildman–Crippen LogP) is 0.668. The number of hydrogen-bond donors (Lipinski definition) is 2. The molecule has 17 heavy (non-hydrogen) atoms. The zero-order valence-electron chi connectivity index (χ0n) is 9.39. The van der Waals surface area contributed by atoms with Gasteiger partial charge in [-0.1, -0.05) is 0 Å². The molecule has 3 atom stereocenters. The number of nitrogens with zero attached hydrogens (tertiary/aromatic N) is 2. The molecule has 1 aliphatic heterocycles. The summed E-state index contributed by atoms with van der Waals surface area (Å²) in [5.74, 6) is 0.565. The van der Waals surface area contributed by atoms with Gasteiger partial charge in [0.2, 0.25) is 0 Å². The molecular weight excluding hydrogens is 216 g/mol. The molecule has 0 aromatic carbocycles. The zero-order chi connectivity index (χ0) is 11.8. The standard InChI is InChI=1S/C12H14N4O/c13-5-8-1-2-16(7-8)12(17)15-11-4-10-3-9(11)6-14-10/h1-2,7,9-11,14H,3-4,6H2,(H,15,17). The van der Waals surface area contributed by atoms with Crippen molar-refractivity contribution in [3.05, 3.63) is 24.0 Å². The van der Waals surface area contributed by atoms with Crippen LogP contribution < -0.4 is 10.6 Å². The predicted molar refractivity (Wildman–Crippen MR) is 61.4 cm³/mol. The molecule has 2 heterocycles. The summed E-state index contributed by atoms with van der Waals surface area (Å²) in [6.07, 6.45) is 5.36. The summed E-state index contributed by atoms with van der Waals surface area (Å²) in [6, 6.07) is 4.37. The summed E-state index contributed by atoms with van der Waals surface area (Å²) >= 11 is 0. The lowest BCUT2D eigenvalue weighted by atomic mass is 10.0. The number of rotatable bonds is 1. The van der Waals surface area contributed by atoms with E-state index < -0.39 is 0 Å². The van der Waals surface area contributed by atoms with Gasteiger partial charge in [0.05, 0.1) is 5.56 Å². The second-order valence-corrected chi connectivity index (χ2v) is 4.81. The molecule has 1 saturated carbocycles. The van der Waals surface area contributed by atoms with Crippen LogP contribution in [0.15, 0.2) is 18.5 Å². The summed E-state index contributed by atoms with van der Waals surface area (Å²) in [5.41, 5.74) is 0.509. The summed E-state index contributed by atoms with van der Waals surface area (Å²) in [5, 5.41) is 15.1. The number of piperidine rings is 1. The van der Waals surface area contributed by atoms with Gasteiger partial charge in [0.15, 0.2) is 0 Å². The molecule has 1 amide bonds. The number of fused-ring (bicyclic) bond motifs is 2. The van der Waals surface area contributed by atoms with Gasteiger partial charge in [-0.25, -0.2) is 4.79 Å². The highest BCUT2D eigenvalue weighted by molar-refractivity contribution is 5.77. The first-order valence-corrected chi connectivity index (χ1v) is 5.88. The van der Waals surface area contributed by atoms with E-state index in [1.807, 2.05) is 6.07 Å². The molecule has 1 aromatic heterocycles. The Morgan fingerprint density at radius 2 is 2.47 bits per heavy atom. The number of carbonyl (C=O) groups is 1. The van der Waals surface area contributed by atoms with E-state index >= 15 is 0 Å². The van der Waals surface area contributed by atoms with Gasteiger partial charge in [-0.05, 0) is 24.8 Å². The monoisotopic (exact) mass is 230 g/mol. The fourth-order valence-electron chi connectivity index (χ4n) is 2.83. The molecule has 0 radical (unpaired) electrons. The van der Waals surface area contributed by atoms with E-state index in [0.29, 0.717) is 17.5 Å². The van der Waals surface area contributed by atoms with Crippen LogP contribution in [0.3, 0.4) is 0 Å². The molecule has 2 N–H and O–H groups in total. The van der Waals surface area contributed by atoms with Crippen molar-refractivity contribution in [3.63, 3.8) is 0 Å². The van der Waals surface area contributed by atoms with Crippen LogP contribution in [0.1, 0.15) is 18.4 Å². The first kappa shape index (κ1) is 10.4. The van der Waals surface area contributed by atoms with Crippen molar-refractivity contribution < 1.29 is 4.79 Å². The summed E-state index contributed by atoms with van der Waals surface area (Å²) in [6.45, 7) is 1.00. The highest BCUT2D eigenvalue weighted by Gasteiger charge is 2.40. The number of carbonyl (C=O) groups excluding carboxylic acids is 1. The summed E-state index contributed by atoms with van der Waals surface area (Å²) in [4.78, 5) is 11.9. The van der Waals surface area contributed by atoms with Gasteiger partial charge in [0, 0.05) is 31.0 Å². The molecule has 1 aromatic rings. The quantitative estimate of drug-likeness (QED) is 0.745. The highest BCUT2D eigenvalue weighted by atomic mass is 16.2. The van der Waals surface area contributed by atoms with Crippen LogP contribution in [0.4, 0.5) is 4.79 Å². The van der Waals surface area contributed by atoms with Crippen molar-refractivity contribution in [2.75, 3.05) is 6.54 Å². The van der Waals surface area contributed by atoms with Gasteiger partial charge >= 0.3 is 6.03 Å². The lowest BCUT2D eigenvalue weighted by Gasteiger charge is -2.23. The van der Waals surface area contributed by atoms with Crippen LogP contribution in [-0.4, -0.2) is 29.2 Å². The van der Waals surface area contributed by atoms with Crippen molar-refractivity contribution >= 4 is 6.03 Å². The number of nitrogens with one attached hydrogen (secondary N) is 2. The largest absolute Gasteiger partial charge is 0.334 e. The van der Waals surface area contributed by atoms with E-state index in [4.69, 9.17) is 5.26 Å².